The normalized spacial score (nSPS) is 25.8. The van der Waals surface area contributed by atoms with E-state index in [9.17, 15) is 24.3 Å². The molecule has 37 heavy (non-hydrogen) atoms. The van der Waals surface area contributed by atoms with Crippen molar-refractivity contribution in [2.45, 2.75) is 11.7 Å². The van der Waals surface area contributed by atoms with E-state index >= 15 is 0 Å². The fourth-order valence-electron chi connectivity index (χ4n) is 5.71. The Labute approximate surface area is 213 Å². The largest absolute Gasteiger partial charge is 0.493 e. The van der Waals surface area contributed by atoms with Crippen LogP contribution in [0.15, 0.2) is 42.0 Å². The van der Waals surface area contributed by atoms with E-state index in [-0.39, 0.29) is 0 Å². The molecule has 2 bridgehead atoms. The molecule has 11 heteroatoms. The summed E-state index contributed by atoms with van der Waals surface area (Å²) in [4.78, 5) is 50.3. The molecule has 0 amide bonds. The van der Waals surface area contributed by atoms with Crippen LogP contribution in [0.1, 0.15) is 11.5 Å². The van der Waals surface area contributed by atoms with Crippen molar-refractivity contribution in [3.63, 3.8) is 0 Å². The predicted molar refractivity (Wildman–Crippen MR) is 127 cm³/mol. The van der Waals surface area contributed by atoms with E-state index in [0.717, 1.165) is 6.08 Å². The monoisotopic (exact) mass is 518 g/mol. The average molecular weight is 519 g/mol. The van der Waals surface area contributed by atoms with Crippen LogP contribution in [0.25, 0.3) is 0 Å². The number of allylic oxidation sites excluding steroid dienone is 2. The fourth-order valence-corrected chi connectivity index (χ4v) is 5.71. The van der Waals surface area contributed by atoms with Crippen LogP contribution in [0.2, 0.25) is 0 Å². The predicted octanol–water partition coefficient (Wildman–Crippen LogP) is 1.75. The van der Waals surface area contributed by atoms with Crippen LogP contribution in [0, 0.1) is 23.7 Å². The van der Waals surface area contributed by atoms with Gasteiger partial charge in [-0.1, -0.05) is 18.2 Å². The maximum absolute atomic E-state index is 13.4. The van der Waals surface area contributed by atoms with Crippen LogP contribution in [-0.4, -0.2) is 77.2 Å². The zero-order chi connectivity index (χ0) is 27.5. The van der Waals surface area contributed by atoms with E-state index in [1.807, 2.05) is 0 Å². The highest BCUT2D eigenvalue weighted by Gasteiger charge is 2.68. The Hall–Kier alpha value is -3.70. The third kappa shape index (κ3) is 4.60. The van der Waals surface area contributed by atoms with Gasteiger partial charge in [0.25, 0.3) is 0 Å². The molecule has 11 nitrogen and oxygen atoms in total. The average Bonchev–Trinajstić information content (AvgIpc) is 2.93. The molecule has 4 rings (SSSR count). The van der Waals surface area contributed by atoms with Gasteiger partial charge in [0.15, 0.2) is 17.3 Å². The summed E-state index contributed by atoms with van der Waals surface area (Å²) in [6.07, 6.45) is 4.28. The van der Waals surface area contributed by atoms with Crippen LogP contribution in [0.5, 0.6) is 11.5 Å². The van der Waals surface area contributed by atoms with Crippen LogP contribution in [0.3, 0.4) is 0 Å². The minimum absolute atomic E-state index is 0.380. The highest BCUT2D eigenvalue weighted by Crippen LogP contribution is 2.61. The van der Waals surface area contributed by atoms with Crippen molar-refractivity contribution < 1.29 is 52.7 Å². The maximum Gasteiger partial charge on any atom is 0.372 e. The second-order valence-corrected chi connectivity index (χ2v) is 8.54. The van der Waals surface area contributed by atoms with Gasteiger partial charge >= 0.3 is 17.9 Å². The number of methoxy groups -OCH3 is 6. The van der Waals surface area contributed by atoms with Crippen LogP contribution in [0.4, 0.5) is 0 Å². The van der Waals surface area contributed by atoms with Crippen molar-refractivity contribution in [2.24, 2.45) is 23.7 Å². The first-order chi connectivity index (χ1) is 17.6. The third-order valence-corrected chi connectivity index (χ3v) is 7.17. The number of esters is 2. The number of fused-ring (bicyclic) bond motifs is 2. The lowest BCUT2D eigenvalue weighted by Gasteiger charge is -2.58. The van der Waals surface area contributed by atoms with Gasteiger partial charge in [0.1, 0.15) is 0 Å². The highest BCUT2D eigenvalue weighted by atomic mass is 16.7. The number of carbonyl (C=O) groups is 4. The van der Waals surface area contributed by atoms with Crippen LogP contribution >= 0.6 is 0 Å². The number of hydrogen-bond acceptors (Lipinski definition) is 10. The molecule has 1 fully saturated rings. The number of carboxylic acids is 1. The van der Waals surface area contributed by atoms with Gasteiger partial charge in [-0.25, -0.2) is 9.59 Å². The first-order valence-corrected chi connectivity index (χ1v) is 11.3. The number of hydrogen-bond donors (Lipinski definition) is 1. The molecule has 5 atom stereocenters. The van der Waals surface area contributed by atoms with Crippen molar-refractivity contribution in [1.82, 2.24) is 0 Å². The fraction of sp³-hybridized carbons (Fsp3) is 0.462. The van der Waals surface area contributed by atoms with Crippen molar-refractivity contribution in [3.8, 4) is 11.5 Å². The Morgan fingerprint density at radius 1 is 0.919 bits per heavy atom. The SMILES string of the molecule is COC(=O)/C=C/C1=CC2C(c3ccc(OC)c(OC)c3)C(C(=O)OC)C1C(OC)(OC)C2C(=O)C(=O)O. The smallest absolute Gasteiger partial charge is 0.372 e. The number of ketones is 1. The molecule has 3 aliphatic rings. The van der Waals surface area contributed by atoms with Gasteiger partial charge in [-0.3, -0.25) is 9.59 Å². The van der Waals surface area contributed by atoms with Crippen molar-refractivity contribution in [1.29, 1.82) is 0 Å². The number of ether oxygens (including phenoxy) is 6. The summed E-state index contributed by atoms with van der Waals surface area (Å²) in [6, 6.07) is 5.03. The molecule has 0 spiro atoms. The molecule has 0 saturated heterocycles. The summed E-state index contributed by atoms with van der Waals surface area (Å²) >= 11 is 0. The number of rotatable bonds is 10. The minimum Gasteiger partial charge on any atom is -0.493 e. The number of carboxylic acid groups (broad SMARTS) is 1. The number of carbonyl (C=O) groups excluding carboxylic acids is 3. The molecule has 1 saturated carbocycles. The van der Waals surface area contributed by atoms with Gasteiger partial charge in [-0.15, -0.1) is 0 Å². The van der Waals surface area contributed by atoms with E-state index in [0.29, 0.717) is 22.6 Å². The Balaban J connectivity index is 2.36. The molecular formula is C26H30O11. The van der Waals surface area contributed by atoms with E-state index in [1.54, 1.807) is 24.3 Å². The second kappa shape index (κ2) is 11.1. The number of Topliss-reactive ketones (excluding diaryl/α,β-unsaturated/α-hetero) is 1. The Bertz CT molecular complexity index is 1130. The topological polar surface area (TPSA) is 144 Å². The first kappa shape index (κ1) is 27.9. The number of aliphatic carboxylic acids is 1. The molecule has 0 aliphatic heterocycles. The lowest BCUT2D eigenvalue weighted by atomic mass is 9.50. The van der Waals surface area contributed by atoms with Gasteiger partial charge in [0.2, 0.25) is 5.78 Å². The van der Waals surface area contributed by atoms with Crippen molar-refractivity contribution in [3.05, 3.63) is 47.6 Å². The molecule has 200 valence electrons. The molecular weight excluding hydrogens is 488 g/mol. The third-order valence-electron chi connectivity index (χ3n) is 7.17. The van der Waals surface area contributed by atoms with Gasteiger partial charge in [-0.05, 0) is 23.3 Å². The molecule has 5 unspecified atom stereocenters. The van der Waals surface area contributed by atoms with Crippen LogP contribution < -0.4 is 9.47 Å². The summed E-state index contributed by atoms with van der Waals surface area (Å²) in [5.41, 5.74) is 1.01. The Morgan fingerprint density at radius 3 is 2.08 bits per heavy atom. The summed E-state index contributed by atoms with van der Waals surface area (Å²) in [5.74, 6) is -10.1. The van der Waals surface area contributed by atoms with Crippen LogP contribution in [-0.2, 0) is 38.1 Å². The molecule has 3 aliphatic carbocycles. The molecule has 0 radical (unpaired) electrons. The van der Waals surface area contributed by atoms with Gasteiger partial charge in [-0.2, -0.15) is 0 Å². The van der Waals surface area contributed by atoms with E-state index < -0.39 is 59.1 Å². The van der Waals surface area contributed by atoms with Gasteiger partial charge < -0.3 is 33.5 Å². The maximum atomic E-state index is 13.4. The van der Waals surface area contributed by atoms with E-state index in [2.05, 4.69) is 4.74 Å². The van der Waals surface area contributed by atoms with Crippen molar-refractivity contribution in [2.75, 3.05) is 42.7 Å². The molecule has 0 aromatic heterocycles. The van der Waals surface area contributed by atoms with Crippen molar-refractivity contribution >= 4 is 23.7 Å². The quantitative estimate of drug-likeness (QED) is 0.209. The minimum atomic E-state index is -1.85. The zero-order valence-corrected chi connectivity index (χ0v) is 21.4. The summed E-state index contributed by atoms with van der Waals surface area (Å²) in [7, 11) is 7.92. The lowest BCUT2D eigenvalue weighted by Crippen LogP contribution is -2.66. The summed E-state index contributed by atoms with van der Waals surface area (Å²) < 4.78 is 32.1. The second-order valence-electron chi connectivity index (χ2n) is 8.54. The molecule has 0 heterocycles. The van der Waals surface area contributed by atoms with Gasteiger partial charge in [0, 0.05) is 32.1 Å². The highest BCUT2D eigenvalue weighted by molar-refractivity contribution is 6.34. The molecule has 1 aromatic carbocycles. The summed E-state index contributed by atoms with van der Waals surface area (Å²) in [6.45, 7) is 0. The summed E-state index contributed by atoms with van der Waals surface area (Å²) in [5, 5.41) is 9.70. The zero-order valence-electron chi connectivity index (χ0n) is 21.4. The van der Waals surface area contributed by atoms with Gasteiger partial charge in [0.05, 0.1) is 46.2 Å². The standard InChI is InChI=1S/C26H30O11/c1-32-16-9-7-13(12-17(16)33-2)19-15-11-14(8-10-18(27)34-3)21(20(19)25(31)35-4)26(36-5,37-6)22(15)23(28)24(29)30/h7-12,15,19-22H,1-6H3,(H,29,30)/b10-8+. The molecule has 1 N–H and O–H groups in total. The Morgan fingerprint density at radius 2 is 1.57 bits per heavy atom. The molecule has 1 aromatic rings. The van der Waals surface area contributed by atoms with E-state index in [4.69, 9.17) is 23.7 Å². The lowest BCUT2D eigenvalue weighted by molar-refractivity contribution is -0.294. The Kier molecular flexibility index (Phi) is 8.39. The van der Waals surface area contributed by atoms with E-state index in [1.165, 1.54) is 48.7 Å². The first-order valence-electron chi connectivity index (χ1n) is 11.3. The number of benzene rings is 1.